The maximum atomic E-state index is 4.58. The van der Waals surface area contributed by atoms with Crippen LogP contribution >= 0.6 is 11.8 Å². The third-order valence-electron chi connectivity index (χ3n) is 3.22. The topological polar surface area (TPSA) is 40.7 Å². The quantitative estimate of drug-likeness (QED) is 0.819. The normalized spacial score (nSPS) is 20.8. The highest BCUT2D eigenvalue weighted by Crippen LogP contribution is 2.23. The number of rotatable bonds is 3. The van der Waals surface area contributed by atoms with Gasteiger partial charge >= 0.3 is 0 Å². The minimum Gasteiger partial charge on any atom is -0.333 e. The lowest BCUT2D eigenvalue weighted by Crippen LogP contribution is -2.30. The largest absolute Gasteiger partial charge is 0.333 e. The van der Waals surface area contributed by atoms with Crippen molar-refractivity contribution < 1.29 is 0 Å². The average molecular weight is 247 g/mol. The van der Waals surface area contributed by atoms with E-state index in [9.17, 15) is 0 Å². The second-order valence-electron chi connectivity index (χ2n) is 4.58. The molecule has 17 heavy (non-hydrogen) atoms. The zero-order chi connectivity index (χ0) is 11.5. The molecule has 1 saturated heterocycles. The molecular formula is C13H17N3S. The van der Waals surface area contributed by atoms with E-state index in [1.54, 1.807) is 0 Å². The van der Waals surface area contributed by atoms with Crippen LogP contribution in [-0.4, -0.2) is 28.8 Å². The number of nitrogens with zero attached hydrogens (tertiary/aromatic N) is 1. The summed E-state index contributed by atoms with van der Waals surface area (Å²) >= 11 is 1.85. The number of hydrogen-bond acceptors (Lipinski definition) is 3. The van der Waals surface area contributed by atoms with Crippen LogP contribution in [0.3, 0.4) is 0 Å². The fourth-order valence-corrected chi connectivity index (χ4v) is 3.28. The molecule has 1 fully saturated rings. The maximum absolute atomic E-state index is 4.58. The number of fused-ring (bicyclic) bond motifs is 1. The molecule has 1 aliphatic heterocycles. The van der Waals surface area contributed by atoms with E-state index in [2.05, 4.69) is 27.4 Å². The fourth-order valence-electron chi connectivity index (χ4n) is 2.26. The van der Waals surface area contributed by atoms with Crippen LogP contribution in [0.2, 0.25) is 0 Å². The van der Waals surface area contributed by atoms with Crippen LogP contribution in [0.25, 0.3) is 11.0 Å². The molecule has 90 valence electrons. The van der Waals surface area contributed by atoms with Gasteiger partial charge in [0.05, 0.1) is 11.0 Å². The molecule has 0 spiro atoms. The average Bonchev–Trinajstić information content (AvgIpc) is 2.80. The second-order valence-corrected chi connectivity index (χ2v) is 5.59. The number of nitrogens with one attached hydrogen (secondary N) is 2. The first kappa shape index (κ1) is 11.1. The Balaban J connectivity index is 1.64. The molecule has 0 unspecified atom stereocenters. The van der Waals surface area contributed by atoms with E-state index < -0.39 is 0 Å². The molecule has 1 aliphatic rings. The highest BCUT2D eigenvalue weighted by molar-refractivity contribution is 7.99. The van der Waals surface area contributed by atoms with Crippen LogP contribution in [0.5, 0.6) is 0 Å². The number of para-hydroxylation sites is 2. The number of H-pyrrole nitrogens is 1. The Morgan fingerprint density at radius 2 is 2.29 bits per heavy atom. The predicted molar refractivity (Wildman–Crippen MR) is 72.4 cm³/mol. The first-order valence-corrected chi connectivity index (χ1v) is 7.18. The van der Waals surface area contributed by atoms with Gasteiger partial charge in [0.15, 0.2) is 5.16 Å². The summed E-state index contributed by atoms with van der Waals surface area (Å²) in [5.74, 6) is 1.95. The summed E-state index contributed by atoms with van der Waals surface area (Å²) in [4.78, 5) is 7.95. The summed E-state index contributed by atoms with van der Waals surface area (Å²) in [7, 11) is 0. The highest BCUT2D eigenvalue weighted by Gasteiger charge is 2.14. The fraction of sp³-hybridized carbons (Fsp3) is 0.462. The minimum absolute atomic E-state index is 0.793. The van der Waals surface area contributed by atoms with E-state index in [1.165, 1.54) is 19.4 Å². The molecule has 0 saturated carbocycles. The summed E-state index contributed by atoms with van der Waals surface area (Å²) in [5, 5.41) is 4.51. The Labute approximate surface area is 105 Å². The molecule has 0 radical (unpaired) electrons. The molecule has 1 atom stereocenters. The highest BCUT2D eigenvalue weighted by atomic mass is 32.2. The van der Waals surface area contributed by atoms with Crippen LogP contribution in [0.15, 0.2) is 29.4 Å². The molecule has 1 aromatic carbocycles. The number of hydrogen-bond donors (Lipinski definition) is 2. The Bertz CT molecular complexity index is 455. The number of imidazole rings is 1. The number of aromatic amines is 1. The summed E-state index contributed by atoms with van der Waals surface area (Å²) in [6, 6.07) is 8.20. The van der Waals surface area contributed by atoms with Gasteiger partial charge in [0.2, 0.25) is 0 Å². The standard InChI is InChI=1S/C13H17N3S/c1-2-6-12-11(5-1)15-13(16-12)17-9-10-4-3-7-14-8-10/h1-2,5-6,10,14H,3-4,7-9H2,(H,15,16)/t10-/m0/s1. The zero-order valence-electron chi connectivity index (χ0n) is 9.78. The molecule has 2 aromatic rings. The molecular weight excluding hydrogens is 230 g/mol. The Morgan fingerprint density at radius 3 is 3.12 bits per heavy atom. The summed E-state index contributed by atoms with van der Waals surface area (Å²) < 4.78 is 0. The Morgan fingerprint density at radius 1 is 1.35 bits per heavy atom. The molecule has 3 rings (SSSR count). The van der Waals surface area contributed by atoms with Gasteiger partial charge in [-0.25, -0.2) is 4.98 Å². The number of aromatic nitrogens is 2. The smallest absolute Gasteiger partial charge is 0.166 e. The van der Waals surface area contributed by atoms with E-state index in [0.29, 0.717) is 0 Å². The number of piperidine rings is 1. The van der Waals surface area contributed by atoms with Crippen molar-refractivity contribution in [2.75, 3.05) is 18.8 Å². The predicted octanol–water partition coefficient (Wildman–Crippen LogP) is 2.65. The van der Waals surface area contributed by atoms with Crippen molar-refractivity contribution in [1.82, 2.24) is 15.3 Å². The lowest BCUT2D eigenvalue weighted by atomic mass is 10.0. The van der Waals surface area contributed by atoms with Crippen molar-refractivity contribution in [1.29, 1.82) is 0 Å². The minimum atomic E-state index is 0.793. The third-order valence-corrected chi connectivity index (χ3v) is 4.33. The van der Waals surface area contributed by atoms with Crippen molar-refractivity contribution in [3.05, 3.63) is 24.3 Å². The molecule has 4 heteroatoms. The van der Waals surface area contributed by atoms with Gasteiger partial charge in [0.25, 0.3) is 0 Å². The molecule has 2 heterocycles. The summed E-state index contributed by atoms with van der Waals surface area (Å²) in [5.41, 5.74) is 2.20. The van der Waals surface area contributed by atoms with Crippen molar-refractivity contribution in [3.63, 3.8) is 0 Å². The van der Waals surface area contributed by atoms with Gasteiger partial charge in [-0.2, -0.15) is 0 Å². The Kier molecular flexibility index (Phi) is 3.34. The molecule has 0 amide bonds. The van der Waals surface area contributed by atoms with Crippen LogP contribution < -0.4 is 5.32 Å². The van der Waals surface area contributed by atoms with E-state index in [0.717, 1.165) is 34.4 Å². The van der Waals surface area contributed by atoms with Crippen LogP contribution in [-0.2, 0) is 0 Å². The van der Waals surface area contributed by atoms with Crippen LogP contribution in [0, 0.1) is 5.92 Å². The van der Waals surface area contributed by atoms with Gasteiger partial charge in [0.1, 0.15) is 0 Å². The SMILES string of the molecule is c1ccc2[nH]c(SC[C@H]3CCCNC3)nc2c1. The van der Waals surface area contributed by atoms with Gasteiger partial charge in [-0.3, -0.25) is 0 Å². The lowest BCUT2D eigenvalue weighted by molar-refractivity contribution is 0.410. The second kappa shape index (κ2) is 5.10. The Hall–Kier alpha value is -1.00. The van der Waals surface area contributed by atoms with Gasteiger partial charge in [-0.1, -0.05) is 23.9 Å². The maximum Gasteiger partial charge on any atom is 0.166 e. The third kappa shape index (κ3) is 2.64. The van der Waals surface area contributed by atoms with Gasteiger partial charge in [0, 0.05) is 5.75 Å². The lowest BCUT2D eigenvalue weighted by Gasteiger charge is -2.21. The van der Waals surface area contributed by atoms with Crippen LogP contribution in [0.1, 0.15) is 12.8 Å². The van der Waals surface area contributed by atoms with E-state index in [1.807, 2.05) is 23.9 Å². The molecule has 0 bridgehead atoms. The number of benzene rings is 1. The van der Waals surface area contributed by atoms with E-state index >= 15 is 0 Å². The van der Waals surface area contributed by atoms with Crippen molar-refractivity contribution >= 4 is 22.8 Å². The molecule has 3 nitrogen and oxygen atoms in total. The first-order valence-electron chi connectivity index (χ1n) is 6.20. The van der Waals surface area contributed by atoms with Gasteiger partial charge in [-0.05, 0) is 44.0 Å². The van der Waals surface area contributed by atoms with Crippen molar-refractivity contribution in [2.24, 2.45) is 5.92 Å². The molecule has 2 N–H and O–H groups in total. The zero-order valence-corrected chi connectivity index (χ0v) is 10.6. The van der Waals surface area contributed by atoms with Crippen molar-refractivity contribution in [3.8, 4) is 0 Å². The first-order chi connectivity index (χ1) is 8.42. The molecule has 1 aromatic heterocycles. The van der Waals surface area contributed by atoms with Gasteiger partial charge < -0.3 is 10.3 Å². The van der Waals surface area contributed by atoms with Crippen molar-refractivity contribution in [2.45, 2.75) is 18.0 Å². The monoisotopic (exact) mass is 247 g/mol. The number of thioether (sulfide) groups is 1. The van der Waals surface area contributed by atoms with Crippen LogP contribution in [0.4, 0.5) is 0 Å². The van der Waals surface area contributed by atoms with E-state index in [-0.39, 0.29) is 0 Å². The summed E-state index contributed by atoms with van der Waals surface area (Å²) in [6.45, 7) is 2.35. The van der Waals surface area contributed by atoms with E-state index in [4.69, 9.17) is 0 Å². The van der Waals surface area contributed by atoms with Gasteiger partial charge in [-0.15, -0.1) is 0 Å². The molecule has 0 aliphatic carbocycles. The summed E-state index contributed by atoms with van der Waals surface area (Å²) in [6.07, 6.45) is 2.66.